The second-order valence-corrected chi connectivity index (χ2v) is 6.96. The van der Waals surface area contributed by atoms with Crippen molar-refractivity contribution < 1.29 is 9.21 Å². The summed E-state index contributed by atoms with van der Waals surface area (Å²) >= 11 is 0. The molecule has 0 saturated carbocycles. The summed E-state index contributed by atoms with van der Waals surface area (Å²) in [6.07, 6.45) is 0. The van der Waals surface area contributed by atoms with Crippen molar-refractivity contribution in [2.75, 3.05) is 20.6 Å². The first kappa shape index (κ1) is 18.9. The molecule has 3 rings (SSSR count). The summed E-state index contributed by atoms with van der Waals surface area (Å²) in [5.74, 6) is -0.357. The van der Waals surface area contributed by atoms with Gasteiger partial charge in [-0.1, -0.05) is 36.4 Å². The van der Waals surface area contributed by atoms with Crippen LogP contribution in [0.4, 0.5) is 0 Å². The zero-order valence-electron chi connectivity index (χ0n) is 16.1. The summed E-state index contributed by atoms with van der Waals surface area (Å²) in [5, 5.41) is 3.38. The van der Waals surface area contributed by atoms with Crippen LogP contribution in [0.3, 0.4) is 0 Å². The number of aryl methyl sites for hydroxylation is 2. The lowest BCUT2D eigenvalue weighted by atomic mass is 10.1. The lowest BCUT2D eigenvalue weighted by molar-refractivity contribution is 0.0914. The first-order valence-electron chi connectivity index (χ1n) is 8.92. The molecule has 0 aliphatic heterocycles. The molecule has 0 radical (unpaired) electrons. The number of hydrogen-bond acceptors (Lipinski definition) is 4. The molecule has 0 saturated heterocycles. The molecule has 1 aromatic heterocycles. The molecule has 0 aliphatic carbocycles. The van der Waals surface area contributed by atoms with Crippen LogP contribution in [0.2, 0.25) is 0 Å². The Hall–Kier alpha value is -2.92. The molecular formula is C22H24N2O3. The van der Waals surface area contributed by atoms with Crippen LogP contribution >= 0.6 is 0 Å². The van der Waals surface area contributed by atoms with Gasteiger partial charge in [0.15, 0.2) is 11.2 Å². The van der Waals surface area contributed by atoms with Crippen molar-refractivity contribution in [2.24, 2.45) is 0 Å². The van der Waals surface area contributed by atoms with Crippen LogP contribution in [-0.4, -0.2) is 31.4 Å². The molecule has 140 valence electrons. The van der Waals surface area contributed by atoms with Gasteiger partial charge in [-0.05, 0) is 50.7 Å². The van der Waals surface area contributed by atoms with Gasteiger partial charge in [0.1, 0.15) is 5.58 Å². The molecule has 5 nitrogen and oxygen atoms in total. The number of nitrogens with zero attached hydrogens (tertiary/aromatic N) is 1. The maximum Gasteiger partial charge on any atom is 0.287 e. The van der Waals surface area contributed by atoms with E-state index in [1.54, 1.807) is 6.07 Å². The molecule has 0 aliphatic rings. The molecule has 5 heteroatoms. The highest BCUT2D eigenvalue weighted by Gasteiger charge is 2.18. The molecule has 1 heterocycles. The normalized spacial score (nSPS) is 12.3. The number of carbonyl (C=O) groups excluding carboxylic acids is 1. The highest BCUT2D eigenvalue weighted by Crippen LogP contribution is 2.21. The second kappa shape index (κ2) is 7.76. The summed E-state index contributed by atoms with van der Waals surface area (Å²) in [5.41, 5.74) is 3.25. The van der Waals surface area contributed by atoms with Crippen LogP contribution in [-0.2, 0) is 0 Å². The van der Waals surface area contributed by atoms with Crippen LogP contribution in [0.5, 0.6) is 0 Å². The van der Waals surface area contributed by atoms with Gasteiger partial charge in [-0.3, -0.25) is 9.59 Å². The summed E-state index contributed by atoms with van der Waals surface area (Å²) < 4.78 is 5.79. The van der Waals surface area contributed by atoms with Crippen molar-refractivity contribution in [1.29, 1.82) is 0 Å². The third-order valence-electron chi connectivity index (χ3n) is 4.90. The fourth-order valence-electron chi connectivity index (χ4n) is 3.11. The van der Waals surface area contributed by atoms with Gasteiger partial charge in [0, 0.05) is 12.6 Å². The quantitative estimate of drug-likeness (QED) is 0.753. The number of amides is 1. The van der Waals surface area contributed by atoms with E-state index >= 15 is 0 Å². The first-order chi connectivity index (χ1) is 12.9. The van der Waals surface area contributed by atoms with E-state index in [9.17, 15) is 9.59 Å². The van der Waals surface area contributed by atoms with Gasteiger partial charge in [0.05, 0.1) is 11.4 Å². The maximum atomic E-state index is 12.6. The van der Waals surface area contributed by atoms with Gasteiger partial charge >= 0.3 is 0 Å². The van der Waals surface area contributed by atoms with Crippen molar-refractivity contribution in [3.63, 3.8) is 0 Å². The Bertz CT molecular complexity index is 1020. The van der Waals surface area contributed by atoms with Gasteiger partial charge in [-0.25, -0.2) is 0 Å². The average molecular weight is 364 g/mol. The molecule has 3 aromatic rings. The van der Waals surface area contributed by atoms with E-state index in [-0.39, 0.29) is 17.2 Å². The van der Waals surface area contributed by atoms with Crippen LogP contribution in [0.15, 0.2) is 57.7 Å². The zero-order valence-corrected chi connectivity index (χ0v) is 16.1. The van der Waals surface area contributed by atoms with Crippen LogP contribution in [0, 0.1) is 13.8 Å². The van der Waals surface area contributed by atoms with E-state index in [2.05, 4.69) is 5.32 Å². The zero-order chi connectivity index (χ0) is 19.6. The summed E-state index contributed by atoms with van der Waals surface area (Å²) in [7, 11) is 3.93. The number of carbonyl (C=O) groups is 1. The highest BCUT2D eigenvalue weighted by molar-refractivity contribution is 5.93. The highest BCUT2D eigenvalue weighted by atomic mass is 16.3. The smallest absolute Gasteiger partial charge is 0.287 e. The van der Waals surface area contributed by atoms with Gasteiger partial charge < -0.3 is 14.6 Å². The number of nitrogens with one attached hydrogen (secondary N) is 1. The molecule has 0 fully saturated rings. The molecule has 0 bridgehead atoms. The van der Waals surface area contributed by atoms with E-state index in [4.69, 9.17) is 4.42 Å². The Morgan fingerprint density at radius 1 is 1.11 bits per heavy atom. The van der Waals surface area contributed by atoms with Gasteiger partial charge in [-0.2, -0.15) is 0 Å². The monoisotopic (exact) mass is 364 g/mol. The number of likely N-dealkylation sites (N-methyl/N-ethyl adjacent to an activating group) is 1. The van der Waals surface area contributed by atoms with E-state index in [0.717, 1.165) is 16.7 Å². The van der Waals surface area contributed by atoms with Gasteiger partial charge in [0.25, 0.3) is 5.91 Å². The van der Waals surface area contributed by atoms with Crippen molar-refractivity contribution in [1.82, 2.24) is 10.2 Å². The average Bonchev–Trinajstić information content (AvgIpc) is 2.65. The minimum Gasteiger partial charge on any atom is -0.450 e. The molecule has 1 N–H and O–H groups in total. The molecule has 27 heavy (non-hydrogen) atoms. The number of benzene rings is 2. The van der Waals surface area contributed by atoms with E-state index in [1.807, 2.05) is 69.2 Å². The fourth-order valence-corrected chi connectivity index (χ4v) is 3.11. The third-order valence-corrected chi connectivity index (χ3v) is 4.90. The lowest BCUT2D eigenvalue weighted by Crippen LogP contribution is -2.34. The standard InChI is InChI=1S/C22H24N2O3/c1-14-10-11-17-19(25)12-20(27-21(17)15(14)2)22(26)23-13-18(24(3)4)16-8-6-5-7-9-16/h5-12,18H,13H2,1-4H3,(H,23,26)/t18-/m0/s1. The van der Waals surface area contributed by atoms with Crippen molar-refractivity contribution >= 4 is 16.9 Å². The summed E-state index contributed by atoms with van der Waals surface area (Å²) in [6, 6.07) is 14.9. The van der Waals surface area contributed by atoms with E-state index in [1.165, 1.54) is 6.07 Å². The van der Waals surface area contributed by atoms with E-state index < -0.39 is 5.91 Å². The maximum absolute atomic E-state index is 12.6. The SMILES string of the molecule is Cc1ccc2c(=O)cc(C(=O)NC[C@@H](c3ccccc3)N(C)C)oc2c1C. The molecular weight excluding hydrogens is 340 g/mol. The number of fused-ring (bicyclic) bond motifs is 1. The van der Waals surface area contributed by atoms with Crippen molar-refractivity contribution in [3.8, 4) is 0 Å². The van der Waals surface area contributed by atoms with Gasteiger partial charge in [0.2, 0.25) is 0 Å². The fraction of sp³-hybridized carbons (Fsp3) is 0.273. The Morgan fingerprint density at radius 2 is 1.81 bits per heavy atom. The molecule has 0 spiro atoms. The Kier molecular flexibility index (Phi) is 5.42. The van der Waals surface area contributed by atoms with Crippen LogP contribution in [0.1, 0.15) is 33.3 Å². The number of rotatable bonds is 5. The van der Waals surface area contributed by atoms with Crippen molar-refractivity contribution in [3.05, 3.63) is 81.2 Å². The molecule has 0 unspecified atom stereocenters. The Labute approximate surface area is 158 Å². The summed E-state index contributed by atoms with van der Waals surface area (Å²) in [6.45, 7) is 4.24. The topological polar surface area (TPSA) is 62.6 Å². The predicted molar refractivity (Wildman–Crippen MR) is 107 cm³/mol. The molecule has 1 amide bonds. The van der Waals surface area contributed by atoms with E-state index in [0.29, 0.717) is 17.5 Å². The second-order valence-electron chi connectivity index (χ2n) is 6.96. The van der Waals surface area contributed by atoms with Crippen LogP contribution < -0.4 is 10.7 Å². The molecule has 2 aromatic carbocycles. The molecule has 1 atom stereocenters. The Balaban J connectivity index is 1.86. The van der Waals surface area contributed by atoms with Gasteiger partial charge in [-0.15, -0.1) is 0 Å². The van der Waals surface area contributed by atoms with Crippen molar-refractivity contribution in [2.45, 2.75) is 19.9 Å². The summed E-state index contributed by atoms with van der Waals surface area (Å²) in [4.78, 5) is 27.1. The number of hydrogen-bond donors (Lipinski definition) is 1. The third kappa shape index (κ3) is 3.93. The first-order valence-corrected chi connectivity index (χ1v) is 8.92. The minimum absolute atomic E-state index is 0.0197. The minimum atomic E-state index is -0.391. The largest absolute Gasteiger partial charge is 0.450 e. The Morgan fingerprint density at radius 3 is 2.48 bits per heavy atom. The van der Waals surface area contributed by atoms with Crippen LogP contribution in [0.25, 0.3) is 11.0 Å². The lowest BCUT2D eigenvalue weighted by Gasteiger charge is -2.25. The predicted octanol–water partition coefficient (Wildman–Crippen LogP) is 3.44.